The van der Waals surface area contributed by atoms with Gasteiger partial charge in [-0.05, 0) is 24.3 Å². The number of aromatic nitrogens is 2. The molecule has 0 atom stereocenters. The Kier molecular flexibility index (Phi) is 3.06. The summed E-state index contributed by atoms with van der Waals surface area (Å²) in [4.78, 5) is 31.3. The second-order valence-electron chi connectivity index (χ2n) is 5.30. The molecular weight excluding hydrogens is 312 g/mol. The Labute approximate surface area is 136 Å². The van der Waals surface area contributed by atoms with E-state index < -0.39 is 11.6 Å². The van der Waals surface area contributed by atoms with Crippen LogP contribution in [-0.4, -0.2) is 21.5 Å². The fourth-order valence-corrected chi connectivity index (χ4v) is 2.96. The normalized spacial score (nSPS) is 11.2. The smallest absolute Gasteiger partial charge is 0.235 e. The highest BCUT2D eigenvalue weighted by atomic mass is 35.5. The number of Topliss-reactive ketones (excluding diaryl/α,β-unsaturated/α-hetero) is 2. The lowest BCUT2D eigenvalue weighted by atomic mass is 10.0. The van der Waals surface area contributed by atoms with Crippen molar-refractivity contribution >= 4 is 45.0 Å². The molecule has 0 aliphatic rings. The molecule has 2 aromatic carbocycles. The first-order chi connectivity index (χ1) is 11.1. The number of aromatic amines is 2. The van der Waals surface area contributed by atoms with Gasteiger partial charge in [0.25, 0.3) is 0 Å². The van der Waals surface area contributed by atoms with Crippen LogP contribution in [0.1, 0.15) is 20.7 Å². The first-order valence-corrected chi connectivity index (χ1v) is 7.45. The zero-order chi connectivity index (χ0) is 16.0. The summed E-state index contributed by atoms with van der Waals surface area (Å²) in [7, 11) is 0. The van der Waals surface area contributed by atoms with Gasteiger partial charge in [-0.15, -0.1) is 0 Å². The average molecular weight is 323 g/mol. The molecule has 2 N–H and O–H groups in total. The fraction of sp³-hybridized carbons (Fsp3) is 0. The zero-order valence-electron chi connectivity index (χ0n) is 11.9. The summed E-state index contributed by atoms with van der Waals surface area (Å²) in [5.74, 6) is -1.09. The summed E-state index contributed by atoms with van der Waals surface area (Å²) in [6.07, 6.45) is 3.13. The highest BCUT2D eigenvalue weighted by Crippen LogP contribution is 2.25. The third-order valence-electron chi connectivity index (χ3n) is 3.93. The van der Waals surface area contributed by atoms with E-state index in [0.29, 0.717) is 21.5 Å². The summed E-state index contributed by atoms with van der Waals surface area (Å²) in [6.45, 7) is 0. The minimum Gasteiger partial charge on any atom is -0.360 e. The Hall–Kier alpha value is -2.85. The first-order valence-electron chi connectivity index (χ1n) is 7.07. The molecular formula is C18H11ClN2O2. The van der Waals surface area contributed by atoms with Crippen molar-refractivity contribution < 1.29 is 9.59 Å². The van der Waals surface area contributed by atoms with Gasteiger partial charge < -0.3 is 9.97 Å². The number of H-pyrrole nitrogens is 2. The average Bonchev–Trinajstić information content (AvgIpc) is 3.17. The van der Waals surface area contributed by atoms with Crippen LogP contribution in [0.4, 0.5) is 0 Å². The second-order valence-corrected chi connectivity index (χ2v) is 5.73. The van der Waals surface area contributed by atoms with Crippen LogP contribution < -0.4 is 0 Å². The van der Waals surface area contributed by atoms with E-state index in [1.165, 1.54) is 0 Å². The summed E-state index contributed by atoms with van der Waals surface area (Å²) in [5, 5.41) is 1.91. The van der Waals surface area contributed by atoms with Gasteiger partial charge in [0.05, 0.1) is 11.1 Å². The predicted molar refractivity (Wildman–Crippen MR) is 90.3 cm³/mol. The fourth-order valence-electron chi connectivity index (χ4n) is 2.78. The van der Waals surface area contributed by atoms with Crippen molar-refractivity contribution in [3.63, 3.8) is 0 Å². The number of carbonyl (C=O) groups excluding carboxylic acids is 2. The lowest BCUT2D eigenvalue weighted by molar-refractivity contribution is 0.0819. The van der Waals surface area contributed by atoms with Gasteiger partial charge >= 0.3 is 0 Å². The lowest BCUT2D eigenvalue weighted by Crippen LogP contribution is -2.13. The Morgan fingerprint density at radius 1 is 0.783 bits per heavy atom. The van der Waals surface area contributed by atoms with Crippen LogP contribution in [0.5, 0.6) is 0 Å². The predicted octanol–water partition coefficient (Wildman–Crippen LogP) is 4.37. The highest BCUT2D eigenvalue weighted by Gasteiger charge is 2.23. The molecule has 2 heterocycles. The monoisotopic (exact) mass is 322 g/mol. The summed E-state index contributed by atoms with van der Waals surface area (Å²) >= 11 is 5.99. The van der Waals surface area contributed by atoms with Crippen molar-refractivity contribution in [3.05, 3.63) is 71.0 Å². The summed E-state index contributed by atoms with van der Waals surface area (Å²) in [6, 6.07) is 12.6. The SMILES string of the molecule is O=C(C(=O)c1c[nH]c2ccc(Cl)cc12)c1c[nH]c2ccccc12. The van der Waals surface area contributed by atoms with Crippen LogP contribution >= 0.6 is 11.6 Å². The van der Waals surface area contributed by atoms with E-state index in [1.807, 2.05) is 24.3 Å². The van der Waals surface area contributed by atoms with Gasteiger partial charge in [0.15, 0.2) is 0 Å². The topological polar surface area (TPSA) is 65.7 Å². The van der Waals surface area contributed by atoms with Crippen molar-refractivity contribution in [2.45, 2.75) is 0 Å². The minimum absolute atomic E-state index is 0.331. The molecule has 23 heavy (non-hydrogen) atoms. The molecule has 0 saturated carbocycles. The first kappa shape index (κ1) is 13.8. The number of ketones is 2. The third kappa shape index (κ3) is 2.15. The quantitative estimate of drug-likeness (QED) is 0.434. The third-order valence-corrected chi connectivity index (χ3v) is 4.16. The van der Waals surface area contributed by atoms with Crippen molar-refractivity contribution in [1.29, 1.82) is 0 Å². The Bertz CT molecular complexity index is 1070. The molecule has 0 saturated heterocycles. The Morgan fingerprint density at radius 3 is 2.13 bits per heavy atom. The van der Waals surface area contributed by atoms with E-state index in [0.717, 1.165) is 16.4 Å². The van der Waals surface area contributed by atoms with Crippen LogP contribution in [0.25, 0.3) is 21.8 Å². The molecule has 0 bridgehead atoms. The number of benzene rings is 2. The molecule has 112 valence electrons. The lowest BCUT2D eigenvalue weighted by Gasteiger charge is -1.99. The maximum atomic E-state index is 12.6. The number of halogens is 1. The Balaban J connectivity index is 1.81. The molecule has 0 unspecified atom stereocenters. The maximum absolute atomic E-state index is 12.6. The van der Waals surface area contributed by atoms with Crippen LogP contribution in [0.15, 0.2) is 54.9 Å². The Morgan fingerprint density at radius 2 is 1.39 bits per heavy atom. The van der Waals surface area contributed by atoms with Crippen molar-refractivity contribution in [2.75, 3.05) is 0 Å². The number of para-hydroxylation sites is 1. The minimum atomic E-state index is -0.553. The molecule has 0 fully saturated rings. The van der Waals surface area contributed by atoms with E-state index in [1.54, 1.807) is 30.6 Å². The van der Waals surface area contributed by atoms with Gasteiger partial charge in [0.1, 0.15) is 0 Å². The number of hydrogen-bond donors (Lipinski definition) is 2. The molecule has 4 rings (SSSR count). The molecule has 4 nitrogen and oxygen atoms in total. The highest BCUT2D eigenvalue weighted by molar-refractivity contribution is 6.52. The van der Waals surface area contributed by atoms with Crippen LogP contribution in [-0.2, 0) is 0 Å². The van der Waals surface area contributed by atoms with Gasteiger partial charge in [-0.25, -0.2) is 0 Å². The summed E-state index contributed by atoms with van der Waals surface area (Å²) in [5.41, 5.74) is 2.30. The summed E-state index contributed by atoms with van der Waals surface area (Å²) < 4.78 is 0. The van der Waals surface area contributed by atoms with Crippen molar-refractivity contribution in [1.82, 2.24) is 9.97 Å². The molecule has 5 heteroatoms. The second kappa shape index (κ2) is 5.11. The largest absolute Gasteiger partial charge is 0.360 e. The van der Waals surface area contributed by atoms with Gasteiger partial charge in [-0.3, -0.25) is 9.59 Å². The van der Waals surface area contributed by atoms with Crippen molar-refractivity contribution in [2.24, 2.45) is 0 Å². The van der Waals surface area contributed by atoms with E-state index in [9.17, 15) is 9.59 Å². The number of rotatable bonds is 3. The standard InChI is InChI=1S/C18H11ClN2O2/c19-10-5-6-16-12(7-10)14(9-21-16)18(23)17(22)13-8-20-15-4-2-1-3-11(13)15/h1-9,20-21H. The molecule has 0 amide bonds. The van der Waals surface area contributed by atoms with E-state index in [4.69, 9.17) is 11.6 Å². The zero-order valence-corrected chi connectivity index (χ0v) is 12.6. The van der Waals surface area contributed by atoms with Gasteiger partial charge in [0, 0.05) is 39.2 Å². The molecule has 0 spiro atoms. The van der Waals surface area contributed by atoms with Crippen LogP contribution in [0.3, 0.4) is 0 Å². The van der Waals surface area contributed by atoms with Crippen LogP contribution in [0, 0.1) is 0 Å². The maximum Gasteiger partial charge on any atom is 0.235 e. The molecule has 4 aromatic rings. The van der Waals surface area contributed by atoms with Crippen LogP contribution in [0.2, 0.25) is 5.02 Å². The van der Waals surface area contributed by atoms with E-state index in [2.05, 4.69) is 9.97 Å². The number of hydrogen-bond acceptors (Lipinski definition) is 2. The van der Waals surface area contributed by atoms with Crippen molar-refractivity contribution in [3.8, 4) is 0 Å². The van der Waals surface area contributed by atoms with Gasteiger partial charge in [0.2, 0.25) is 11.6 Å². The molecule has 0 radical (unpaired) electrons. The molecule has 2 aromatic heterocycles. The van der Waals surface area contributed by atoms with Gasteiger partial charge in [-0.2, -0.15) is 0 Å². The van der Waals surface area contributed by atoms with Gasteiger partial charge in [-0.1, -0.05) is 29.8 Å². The van der Waals surface area contributed by atoms with E-state index in [-0.39, 0.29) is 0 Å². The van der Waals surface area contributed by atoms with E-state index >= 15 is 0 Å². The number of nitrogens with one attached hydrogen (secondary N) is 2. The molecule has 0 aliphatic carbocycles. The number of fused-ring (bicyclic) bond motifs is 2. The molecule has 0 aliphatic heterocycles. The number of carbonyl (C=O) groups is 2.